The normalized spacial score (nSPS) is 16.2. The monoisotopic (exact) mass is 215 g/mol. The second kappa shape index (κ2) is 5.14. The van der Waals surface area contributed by atoms with Gasteiger partial charge in [0.15, 0.2) is 0 Å². The Bertz CT molecular complexity index is 406. The summed E-state index contributed by atoms with van der Waals surface area (Å²) in [4.78, 5) is 0. The van der Waals surface area contributed by atoms with E-state index in [1.54, 1.807) is 0 Å². The van der Waals surface area contributed by atoms with Crippen LogP contribution in [0.3, 0.4) is 0 Å². The average molecular weight is 215 g/mol. The van der Waals surface area contributed by atoms with Crippen molar-refractivity contribution >= 4 is 0 Å². The van der Waals surface area contributed by atoms with Crippen LogP contribution in [-0.4, -0.2) is 11.2 Å². The number of hydrogen-bond acceptors (Lipinski definition) is 2. The van der Waals surface area contributed by atoms with Crippen molar-refractivity contribution in [2.45, 2.75) is 44.6 Å². The fraction of sp³-hybridized carbons (Fsp3) is 0.500. The zero-order valence-electron chi connectivity index (χ0n) is 9.45. The van der Waals surface area contributed by atoms with Gasteiger partial charge >= 0.3 is 0 Å². The van der Waals surface area contributed by atoms with Gasteiger partial charge in [-0.05, 0) is 55.2 Å². The molecule has 0 amide bonds. The summed E-state index contributed by atoms with van der Waals surface area (Å²) >= 11 is 0. The maximum Gasteiger partial charge on any atom is 0.140 e. The van der Waals surface area contributed by atoms with Gasteiger partial charge in [-0.3, -0.25) is 0 Å². The van der Waals surface area contributed by atoms with Crippen LogP contribution in [-0.2, 0) is 19.3 Å². The van der Waals surface area contributed by atoms with Crippen LogP contribution in [0.1, 0.15) is 36.0 Å². The Morgan fingerprint density at radius 1 is 1.25 bits per heavy atom. The Hall–Kier alpha value is -1.33. The highest BCUT2D eigenvalue weighted by Crippen LogP contribution is 2.22. The zero-order chi connectivity index (χ0) is 11.4. The number of aryl methyl sites for hydroxylation is 3. The molecule has 0 saturated heterocycles. The predicted octanol–water partition coefficient (Wildman–Crippen LogP) is 2.38. The quantitative estimate of drug-likeness (QED) is 0.787. The lowest BCUT2D eigenvalue weighted by Gasteiger charge is -2.16. The summed E-state index contributed by atoms with van der Waals surface area (Å²) in [5.41, 5.74) is 4.20. The molecule has 1 aliphatic rings. The molecule has 0 bridgehead atoms. The molecule has 0 radical (unpaired) electrons. The summed E-state index contributed by atoms with van der Waals surface area (Å²) in [6, 6.07) is 8.45. The van der Waals surface area contributed by atoms with Gasteiger partial charge in [-0.15, -0.1) is 0 Å². The van der Waals surface area contributed by atoms with Crippen LogP contribution in [0.2, 0.25) is 0 Å². The molecule has 1 aliphatic carbocycles. The molecule has 2 rings (SSSR count). The summed E-state index contributed by atoms with van der Waals surface area (Å²) in [5.74, 6) is 0. The molecule has 1 atom stereocenters. The Kier molecular flexibility index (Phi) is 3.58. The molecule has 2 nitrogen and oxygen atoms in total. The minimum atomic E-state index is -0.823. The number of hydrogen-bond donors (Lipinski definition) is 1. The fourth-order valence-electron chi connectivity index (χ4n) is 2.31. The van der Waals surface area contributed by atoms with Crippen molar-refractivity contribution in [3.8, 4) is 6.07 Å². The highest BCUT2D eigenvalue weighted by molar-refractivity contribution is 5.33. The zero-order valence-corrected chi connectivity index (χ0v) is 9.45. The number of benzene rings is 1. The SMILES string of the molecule is N#CC(O)CCc1ccc2c(c1)CCCC2. The molecule has 0 saturated carbocycles. The first-order valence-electron chi connectivity index (χ1n) is 5.98. The van der Waals surface area contributed by atoms with E-state index in [4.69, 9.17) is 5.26 Å². The molecule has 16 heavy (non-hydrogen) atoms. The van der Waals surface area contributed by atoms with Crippen LogP contribution >= 0.6 is 0 Å². The van der Waals surface area contributed by atoms with E-state index in [0.717, 1.165) is 6.42 Å². The first kappa shape index (κ1) is 11.2. The van der Waals surface area contributed by atoms with Crippen molar-refractivity contribution in [1.29, 1.82) is 5.26 Å². The van der Waals surface area contributed by atoms with E-state index in [1.807, 2.05) is 6.07 Å². The van der Waals surface area contributed by atoms with Crippen molar-refractivity contribution < 1.29 is 5.11 Å². The summed E-state index contributed by atoms with van der Waals surface area (Å²) in [6.07, 6.45) is 5.49. The van der Waals surface area contributed by atoms with Crippen molar-refractivity contribution in [3.63, 3.8) is 0 Å². The lowest BCUT2D eigenvalue weighted by molar-refractivity contribution is 0.220. The number of rotatable bonds is 3. The van der Waals surface area contributed by atoms with Gasteiger partial charge in [-0.2, -0.15) is 5.26 Å². The smallest absolute Gasteiger partial charge is 0.140 e. The topological polar surface area (TPSA) is 44.0 Å². The molecule has 1 unspecified atom stereocenters. The summed E-state index contributed by atoms with van der Waals surface area (Å²) in [6.45, 7) is 0. The number of nitrogens with zero attached hydrogens (tertiary/aromatic N) is 1. The highest BCUT2D eigenvalue weighted by atomic mass is 16.3. The molecule has 1 aromatic rings. The third-order valence-electron chi connectivity index (χ3n) is 3.27. The molecule has 84 valence electrons. The Labute approximate surface area is 96.5 Å². The van der Waals surface area contributed by atoms with Gasteiger partial charge in [0.05, 0.1) is 6.07 Å². The molecule has 1 aromatic carbocycles. The molecular formula is C14H17NO. The lowest BCUT2D eigenvalue weighted by atomic mass is 9.89. The first-order chi connectivity index (χ1) is 7.79. The van der Waals surface area contributed by atoms with Gasteiger partial charge in [0.25, 0.3) is 0 Å². The standard InChI is InChI=1S/C14H17NO/c15-10-14(16)8-6-11-5-7-12-3-1-2-4-13(12)9-11/h5,7,9,14,16H,1-4,6,8H2. The molecule has 0 aliphatic heterocycles. The van der Waals surface area contributed by atoms with Gasteiger partial charge in [0.2, 0.25) is 0 Å². The second-order valence-electron chi connectivity index (χ2n) is 4.49. The van der Waals surface area contributed by atoms with E-state index in [0.29, 0.717) is 6.42 Å². The Morgan fingerprint density at radius 3 is 2.75 bits per heavy atom. The Morgan fingerprint density at radius 2 is 2.00 bits per heavy atom. The number of fused-ring (bicyclic) bond motifs is 1. The largest absolute Gasteiger partial charge is 0.378 e. The maximum atomic E-state index is 9.20. The van der Waals surface area contributed by atoms with E-state index >= 15 is 0 Å². The van der Waals surface area contributed by atoms with Gasteiger partial charge in [0.1, 0.15) is 6.10 Å². The molecule has 0 fully saturated rings. The van der Waals surface area contributed by atoms with Crippen LogP contribution in [0.15, 0.2) is 18.2 Å². The molecular weight excluding hydrogens is 198 g/mol. The molecule has 1 N–H and O–H groups in total. The number of aliphatic hydroxyl groups is 1. The van der Waals surface area contributed by atoms with E-state index in [9.17, 15) is 5.11 Å². The van der Waals surface area contributed by atoms with Crippen LogP contribution in [0.5, 0.6) is 0 Å². The maximum absolute atomic E-state index is 9.20. The van der Waals surface area contributed by atoms with Gasteiger partial charge < -0.3 is 5.11 Å². The third-order valence-corrected chi connectivity index (χ3v) is 3.27. The van der Waals surface area contributed by atoms with E-state index in [-0.39, 0.29) is 0 Å². The summed E-state index contributed by atoms with van der Waals surface area (Å²) < 4.78 is 0. The summed E-state index contributed by atoms with van der Waals surface area (Å²) in [5, 5.41) is 17.7. The van der Waals surface area contributed by atoms with Crippen LogP contribution < -0.4 is 0 Å². The van der Waals surface area contributed by atoms with Crippen molar-refractivity contribution in [2.24, 2.45) is 0 Å². The number of aliphatic hydroxyl groups excluding tert-OH is 1. The minimum absolute atomic E-state index is 0.537. The van der Waals surface area contributed by atoms with Crippen LogP contribution in [0.4, 0.5) is 0 Å². The van der Waals surface area contributed by atoms with E-state index in [1.165, 1.54) is 42.4 Å². The van der Waals surface area contributed by atoms with Crippen LogP contribution in [0, 0.1) is 11.3 Å². The fourth-order valence-corrected chi connectivity index (χ4v) is 2.31. The average Bonchev–Trinajstić information content (AvgIpc) is 2.35. The highest BCUT2D eigenvalue weighted by Gasteiger charge is 2.10. The molecule has 0 aromatic heterocycles. The molecule has 0 spiro atoms. The van der Waals surface area contributed by atoms with E-state index < -0.39 is 6.10 Å². The first-order valence-corrected chi connectivity index (χ1v) is 5.98. The van der Waals surface area contributed by atoms with Gasteiger partial charge in [-0.1, -0.05) is 18.2 Å². The third kappa shape index (κ3) is 2.62. The van der Waals surface area contributed by atoms with E-state index in [2.05, 4.69) is 18.2 Å². The summed E-state index contributed by atoms with van der Waals surface area (Å²) in [7, 11) is 0. The van der Waals surface area contributed by atoms with Crippen molar-refractivity contribution in [3.05, 3.63) is 34.9 Å². The van der Waals surface area contributed by atoms with Gasteiger partial charge in [-0.25, -0.2) is 0 Å². The Balaban J connectivity index is 2.03. The molecule has 2 heteroatoms. The van der Waals surface area contributed by atoms with Crippen molar-refractivity contribution in [2.75, 3.05) is 0 Å². The van der Waals surface area contributed by atoms with Crippen molar-refractivity contribution in [1.82, 2.24) is 0 Å². The minimum Gasteiger partial charge on any atom is -0.378 e. The predicted molar refractivity (Wildman–Crippen MR) is 63.0 cm³/mol. The molecule has 0 heterocycles. The van der Waals surface area contributed by atoms with Gasteiger partial charge in [0, 0.05) is 0 Å². The second-order valence-corrected chi connectivity index (χ2v) is 4.49. The van der Waals surface area contributed by atoms with Crippen LogP contribution in [0.25, 0.3) is 0 Å². The number of nitriles is 1. The lowest BCUT2D eigenvalue weighted by Crippen LogP contribution is -2.06.